The number of nitrogens with zero attached hydrogens (tertiary/aromatic N) is 1. The maximum absolute atomic E-state index is 9.53. The molecule has 0 unspecified atom stereocenters. The number of phenols is 1. The van der Waals surface area contributed by atoms with Gasteiger partial charge in [-0.1, -0.05) is 24.3 Å². The van der Waals surface area contributed by atoms with Crippen LogP contribution in [-0.4, -0.2) is 10.1 Å². The summed E-state index contributed by atoms with van der Waals surface area (Å²) in [7, 11) is 0. The molecule has 1 N–H and O–H groups in total. The predicted molar refractivity (Wildman–Crippen MR) is 78.4 cm³/mol. The van der Waals surface area contributed by atoms with Crippen molar-refractivity contribution in [2.24, 2.45) is 0 Å². The predicted octanol–water partition coefficient (Wildman–Crippen LogP) is 4.25. The molecule has 2 nitrogen and oxygen atoms in total. The monoisotopic (exact) mass is 245 g/mol. The number of aromatic hydroxyl groups is 1. The van der Waals surface area contributed by atoms with Crippen LogP contribution in [0.2, 0.25) is 0 Å². The van der Waals surface area contributed by atoms with Gasteiger partial charge in [0, 0.05) is 16.8 Å². The van der Waals surface area contributed by atoms with Gasteiger partial charge in [-0.15, -0.1) is 0 Å². The van der Waals surface area contributed by atoms with E-state index in [0.717, 1.165) is 21.8 Å². The van der Waals surface area contributed by atoms with Crippen LogP contribution in [0.15, 0.2) is 60.7 Å². The van der Waals surface area contributed by atoms with E-state index in [9.17, 15) is 5.11 Å². The summed E-state index contributed by atoms with van der Waals surface area (Å²) >= 11 is 0. The molecular formula is C17H11NO. The van der Waals surface area contributed by atoms with Gasteiger partial charge in [0.05, 0.1) is 11.0 Å². The highest BCUT2D eigenvalue weighted by molar-refractivity contribution is 6.01. The highest BCUT2D eigenvalue weighted by Crippen LogP contribution is 2.26. The van der Waals surface area contributed by atoms with Crippen LogP contribution >= 0.6 is 0 Å². The summed E-state index contributed by atoms with van der Waals surface area (Å²) in [4.78, 5) is 4.63. The van der Waals surface area contributed by atoms with Crippen LogP contribution < -0.4 is 0 Å². The molecule has 1 heterocycles. The molecule has 0 aliphatic rings. The molecule has 1 aromatic heterocycles. The Hall–Kier alpha value is -2.61. The van der Waals surface area contributed by atoms with Gasteiger partial charge < -0.3 is 5.11 Å². The van der Waals surface area contributed by atoms with Crippen LogP contribution in [0.1, 0.15) is 0 Å². The molecule has 2 heteroatoms. The van der Waals surface area contributed by atoms with Gasteiger partial charge in [-0.25, -0.2) is 4.98 Å². The molecular weight excluding hydrogens is 234 g/mol. The van der Waals surface area contributed by atoms with Crippen molar-refractivity contribution in [1.29, 1.82) is 0 Å². The van der Waals surface area contributed by atoms with Gasteiger partial charge in [-0.2, -0.15) is 0 Å². The van der Waals surface area contributed by atoms with E-state index in [1.54, 1.807) is 12.1 Å². The second kappa shape index (κ2) is 3.69. The smallest absolute Gasteiger partial charge is 0.117 e. The summed E-state index contributed by atoms with van der Waals surface area (Å²) in [5.74, 6) is 0.250. The molecule has 0 bridgehead atoms. The zero-order valence-corrected chi connectivity index (χ0v) is 10.2. The maximum Gasteiger partial charge on any atom is 0.117 e. The molecule has 4 rings (SSSR count). The van der Waals surface area contributed by atoms with Gasteiger partial charge in [0.2, 0.25) is 0 Å². The van der Waals surface area contributed by atoms with Crippen molar-refractivity contribution in [2.75, 3.05) is 0 Å². The van der Waals surface area contributed by atoms with E-state index in [2.05, 4.69) is 35.3 Å². The average molecular weight is 245 g/mol. The molecule has 0 radical (unpaired) electrons. The Bertz CT molecular complexity index is 928. The number of benzene rings is 3. The second-order valence-corrected chi connectivity index (χ2v) is 4.76. The lowest BCUT2D eigenvalue weighted by Crippen LogP contribution is -1.83. The molecule has 0 aliphatic heterocycles. The van der Waals surface area contributed by atoms with Crippen LogP contribution in [0.25, 0.3) is 32.6 Å². The molecule has 0 saturated carbocycles. The third-order valence-electron chi connectivity index (χ3n) is 3.46. The fraction of sp³-hybridized carbons (Fsp3) is 0. The number of aromatic nitrogens is 1. The molecule has 0 amide bonds. The molecule has 0 atom stereocenters. The largest absolute Gasteiger partial charge is 0.508 e. The zero-order valence-electron chi connectivity index (χ0n) is 10.2. The first kappa shape index (κ1) is 10.3. The number of rotatable bonds is 0. The van der Waals surface area contributed by atoms with Crippen LogP contribution in [0, 0.1) is 0 Å². The minimum absolute atomic E-state index is 0.250. The van der Waals surface area contributed by atoms with Crippen LogP contribution in [0.3, 0.4) is 0 Å². The van der Waals surface area contributed by atoms with Crippen molar-refractivity contribution < 1.29 is 5.11 Å². The Morgan fingerprint density at radius 3 is 2.16 bits per heavy atom. The second-order valence-electron chi connectivity index (χ2n) is 4.76. The molecule has 4 aromatic rings. The first-order valence-corrected chi connectivity index (χ1v) is 6.22. The molecule has 0 aliphatic carbocycles. The van der Waals surface area contributed by atoms with Crippen molar-refractivity contribution in [1.82, 2.24) is 4.98 Å². The Kier molecular flexibility index (Phi) is 2.00. The highest BCUT2D eigenvalue weighted by Gasteiger charge is 2.02. The minimum Gasteiger partial charge on any atom is -0.508 e. The Balaban J connectivity index is 2.16. The topological polar surface area (TPSA) is 33.1 Å². The zero-order chi connectivity index (χ0) is 12.8. The Labute approximate surface area is 109 Å². The van der Waals surface area contributed by atoms with E-state index in [1.807, 2.05) is 18.2 Å². The van der Waals surface area contributed by atoms with Gasteiger partial charge in [0.1, 0.15) is 5.75 Å². The summed E-state index contributed by atoms with van der Waals surface area (Å²) in [6.07, 6.45) is 0. The minimum atomic E-state index is 0.250. The summed E-state index contributed by atoms with van der Waals surface area (Å²) in [6.45, 7) is 0. The SMILES string of the molecule is Oc1ccc2cc3cc4ccccc4cc3nc2c1. The van der Waals surface area contributed by atoms with E-state index >= 15 is 0 Å². The van der Waals surface area contributed by atoms with Crippen molar-refractivity contribution in [3.05, 3.63) is 60.7 Å². The molecule has 0 saturated heterocycles. The third-order valence-corrected chi connectivity index (χ3v) is 3.46. The number of hydrogen-bond donors (Lipinski definition) is 1. The molecule has 90 valence electrons. The quantitative estimate of drug-likeness (QED) is 0.470. The third kappa shape index (κ3) is 1.61. The van der Waals surface area contributed by atoms with Crippen molar-refractivity contribution >= 4 is 32.6 Å². The van der Waals surface area contributed by atoms with E-state index in [4.69, 9.17) is 0 Å². The highest BCUT2D eigenvalue weighted by atomic mass is 16.3. The van der Waals surface area contributed by atoms with Gasteiger partial charge in [-0.05, 0) is 41.1 Å². The lowest BCUT2D eigenvalue weighted by molar-refractivity contribution is 0.476. The number of hydrogen-bond acceptors (Lipinski definition) is 2. The fourth-order valence-corrected chi connectivity index (χ4v) is 2.51. The van der Waals surface area contributed by atoms with Crippen molar-refractivity contribution in [3.63, 3.8) is 0 Å². The fourth-order valence-electron chi connectivity index (χ4n) is 2.51. The van der Waals surface area contributed by atoms with E-state index < -0.39 is 0 Å². The summed E-state index contributed by atoms with van der Waals surface area (Å²) in [5.41, 5.74) is 1.78. The lowest BCUT2D eigenvalue weighted by atomic mass is 10.1. The van der Waals surface area contributed by atoms with E-state index in [1.165, 1.54) is 10.8 Å². The van der Waals surface area contributed by atoms with Crippen LogP contribution in [0.4, 0.5) is 0 Å². The van der Waals surface area contributed by atoms with Gasteiger partial charge in [0.25, 0.3) is 0 Å². The molecule has 19 heavy (non-hydrogen) atoms. The van der Waals surface area contributed by atoms with Crippen LogP contribution in [-0.2, 0) is 0 Å². The summed E-state index contributed by atoms with van der Waals surface area (Å²) in [6, 6.07) is 19.9. The standard InChI is InChI=1S/C17H11NO/c19-15-6-5-13-8-14-7-11-3-1-2-4-12(11)9-16(14)18-17(13)10-15/h1-10,19H. The average Bonchev–Trinajstić information content (AvgIpc) is 2.43. The Morgan fingerprint density at radius 2 is 1.32 bits per heavy atom. The summed E-state index contributed by atoms with van der Waals surface area (Å²) in [5, 5.41) is 14.1. The van der Waals surface area contributed by atoms with Crippen molar-refractivity contribution in [3.8, 4) is 5.75 Å². The van der Waals surface area contributed by atoms with Crippen LogP contribution in [0.5, 0.6) is 5.75 Å². The van der Waals surface area contributed by atoms with Gasteiger partial charge in [0.15, 0.2) is 0 Å². The first-order valence-electron chi connectivity index (χ1n) is 6.22. The normalized spacial score (nSPS) is 11.4. The molecule has 0 fully saturated rings. The van der Waals surface area contributed by atoms with Gasteiger partial charge >= 0.3 is 0 Å². The summed E-state index contributed by atoms with van der Waals surface area (Å²) < 4.78 is 0. The molecule has 0 spiro atoms. The van der Waals surface area contributed by atoms with Gasteiger partial charge in [-0.3, -0.25) is 0 Å². The van der Waals surface area contributed by atoms with Crippen molar-refractivity contribution in [2.45, 2.75) is 0 Å². The number of fused-ring (bicyclic) bond motifs is 3. The number of pyridine rings is 1. The van der Waals surface area contributed by atoms with E-state index in [0.29, 0.717) is 0 Å². The Morgan fingerprint density at radius 1 is 0.632 bits per heavy atom. The lowest BCUT2D eigenvalue weighted by Gasteiger charge is -2.04. The number of phenolic OH excluding ortho intramolecular Hbond substituents is 1. The van der Waals surface area contributed by atoms with E-state index in [-0.39, 0.29) is 5.75 Å². The maximum atomic E-state index is 9.53. The molecule has 3 aromatic carbocycles. The first-order chi connectivity index (χ1) is 9.29.